The van der Waals surface area contributed by atoms with Gasteiger partial charge in [-0.1, -0.05) is 190 Å². The van der Waals surface area contributed by atoms with Gasteiger partial charge in [0.05, 0.1) is 11.0 Å². The molecule has 0 N–H and O–H groups in total. The molecule has 10 aromatic carbocycles. The van der Waals surface area contributed by atoms with Crippen molar-refractivity contribution in [3.05, 3.63) is 218 Å². The molecule has 0 radical (unpaired) electrons. The number of aromatic nitrogens is 4. The van der Waals surface area contributed by atoms with E-state index in [1.807, 2.05) is 65.9 Å². The van der Waals surface area contributed by atoms with Crippen molar-refractivity contribution in [1.29, 1.82) is 0 Å². The molecular formula is C66H44N4O2S. The second kappa shape index (κ2) is 17.3. The number of para-hydroxylation sites is 4. The summed E-state index contributed by atoms with van der Waals surface area (Å²) in [4.78, 5) is 16.0. The minimum absolute atomic E-state index is 0.513. The first kappa shape index (κ1) is 42.7. The highest BCUT2D eigenvalue weighted by Gasteiger charge is 2.23. The molecule has 346 valence electrons. The Morgan fingerprint density at radius 3 is 1.75 bits per heavy atom. The second-order valence-corrected chi connectivity index (χ2v) is 19.6. The van der Waals surface area contributed by atoms with E-state index in [2.05, 4.69) is 182 Å². The Labute approximate surface area is 424 Å². The smallest absolute Gasteiger partial charge is 0.238 e. The molecule has 5 aromatic heterocycles. The van der Waals surface area contributed by atoms with Gasteiger partial charge in [0.15, 0.2) is 11.6 Å². The lowest BCUT2D eigenvalue weighted by atomic mass is 9.96. The molecule has 0 fully saturated rings. The number of fused-ring (bicyclic) bond motifs is 12. The van der Waals surface area contributed by atoms with Crippen molar-refractivity contribution >= 4 is 97.2 Å². The van der Waals surface area contributed by atoms with Crippen LogP contribution in [0.15, 0.2) is 227 Å². The van der Waals surface area contributed by atoms with Crippen LogP contribution in [0.2, 0.25) is 0 Å². The van der Waals surface area contributed by atoms with Crippen molar-refractivity contribution in [2.75, 3.05) is 0 Å². The summed E-state index contributed by atoms with van der Waals surface area (Å²) in [6.07, 6.45) is 1.25. The third-order valence-corrected chi connectivity index (χ3v) is 15.1. The highest BCUT2D eigenvalue weighted by molar-refractivity contribution is 7.26. The maximum Gasteiger partial charge on any atom is 0.238 e. The lowest BCUT2D eigenvalue weighted by Crippen LogP contribution is -2.07. The minimum atomic E-state index is 0.513. The third kappa shape index (κ3) is 7.03. The van der Waals surface area contributed by atoms with Crippen molar-refractivity contribution in [2.24, 2.45) is 0 Å². The van der Waals surface area contributed by atoms with Crippen LogP contribution >= 0.6 is 11.3 Å². The maximum absolute atomic E-state index is 6.60. The van der Waals surface area contributed by atoms with Crippen molar-refractivity contribution in [3.8, 4) is 62.1 Å². The number of hydrogen-bond donors (Lipinski definition) is 0. The zero-order valence-corrected chi connectivity index (χ0v) is 40.8. The van der Waals surface area contributed by atoms with E-state index < -0.39 is 0 Å². The minimum Gasteiger partial charge on any atom is -0.456 e. The Morgan fingerprint density at radius 2 is 0.945 bits per heavy atom. The van der Waals surface area contributed by atoms with Crippen LogP contribution in [0, 0.1) is 0 Å². The van der Waals surface area contributed by atoms with Gasteiger partial charge in [0.2, 0.25) is 5.95 Å². The van der Waals surface area contributed by atoms with Crippen molar-refractivity contribution in [2.45, 2.75) is 20.3 Å². The summed E-state index contributed by atoms with van der Waals surface area (Å²) < 4.78 is 17.8. The van der Waals surface area contributed by atoms with Crippen molar-refractivity contribution in [1.82, 2.24) is 19.5 Å². The van der Waals surface area contributed by atoms with Gasteiger partial charge in [-0.05, 0) is 70.8 Å². The Morgan fingerprint density at radius 1 is 0.384 bits per heavy atom. The largest absolute Gasteiger partial charge is 0.456 e. The van der Waals surface area contributed by atoms with Gasteiger partial charge in [-0.25, -0.2) is 4.98 Å². The molecule has 0 bridgehead atoms. The number of rotatable bonds is 6. The van der Waals surface area contributed by atoms with Crippen LogP contribution in [0.5, 0.6) is 0 Å². The molecule has 15 aromatic rings. The molecule has 15 rings (SSSR count). The van der Waals surface area contributed by atoms with E-state index in [0.29, 0.717) is 17.6 Å². The Balaban J connectivity index is 0.00000161. The molecule has 0 aliphatic heterocycles. The van der Waals surface area contributed by atoms with E-state index in [4.69, 9.17) is 23.8 Å². The summed E-state index contributed by atoms with van der Waals surface area (Å²) >= 11 is 1.85. The molecule has 0 saturated heterocycles. The van der Waals surface area contributed by atoms with Crippen molar-refractivity contribution < 1.29 is 8.83 Å². The van der Waals surface area contributed by atoms with Crippen LogP contribution in [0.4, 0.5) is 0 Å². The summed E-state index contributed by atoms with van der Waals surface area (Å²) in [5.41, 5.74) is 13.7. The highest BCUT2D eigenvalue weighted by atomic mass is 32.1. The van der Waals surface area contributed by atoms with Gasteiger partial charge in [0.1, 0.15) is 22.3 Å². The topological polar surface area (TPSA) is 69.9 Å². The van der Waals surface area contributed by atoms with Crippen LogP contribution in [-0.4, -0.2) is 19.5 Å². The van der Waals surface area contributed by atoms with Gasteiger partial charge < -0.3 is 8.83 Å². The normalized spacial score (nSPS) is 11.8. The standard InChI is InChI=1S/C63H36N4O2S.C3H8/c1-2-14-37(15-3-1)61-64-62(41-30-32-47-45-18-4-7-27-54(45)68-56(47)36-41)66-63(65-61)67-53-33-31-40(43-22-12-25-50-46-19-5-8-28-55(46)69-59(43)50)35-52(53)49-24-11-21-42(58(49)67)38-16-10-17-39(34-38)44-23-13-26-51-48-20-6-9-29-57(48)70-60(44)51;1-3-2/h1-36H;3H2,1-2H3. The first-order chi connectivity index (χ1) is 36.1. The zero-order valence-electron chi connectivity index (χ0n) is 40.0. The molecule has 0 unspecified atom stereocenters. The predicted molar refractivity (Wildman–Crippen MR) is 305 cm³/mol. The van der Waals surface area contributed by atoms with Gasteiger partial charge in [-0.15, -0.1) is 11.3 Å². The molecule has 73 heavy (non-hydrogen) atoms. The monoisotopic (exact) mass is 956 g/mol. The summed E-state index contributed by atoms with van der Waals surface area (Å²) in [5, 5.41) is 9.03. The second-order valence-electron chi connectivity index (χ2n) is 18.6. The van der Waals surface area contributed by atoms with Crippen LogP contribution in [-0.2, 0) is 0 Å². The van der Waals surface area contributed by atoms with Gasteiger partial charge >= 0.3 is 0 Å². The first-order valence-corrected chi connectivity index (χ1v) is 25.6. The molecule has 0 aliphatic rings. The number of nitrogens with zero attached hydrogens (tertiary/aromatic N) is 4. The molecule has 0 aliphatic carbocycles. The maximum atomic E-state index is 6.60. The van der Waals surface area contributed by atoms with E-state index in [0.717, 1.165) is 105 Å². The molecule has 0 saturated carbocycles. The summed E-state index contributed by atoms with van der Waals surface area (Å²) in [7, 11) is 0. The lowest BCUT2D eigenvalue weighted by Gasteiger charge is -2.14. The Hall–Kier alpha value is -9.17. The molecule has 0 spiro atoms. The van der Waals surface area contributed by atoms with Crippen LogP contribution in [0.1, 0.15) is 20.3 Å². The molecule has 7 heteroatoms. The van der Waals surface area contributed by atoms with Gasteiger partial charge in [-0.2, -0.15) is 9.97 Å². The van der Waals surface area contributed by atoms with Crippen LogP contribution < -0.4 is 0 Å². The summed E-state index contributed by atoms with van der Waals surface area (Å²) in [6.45, 7) is 4.25. The molecule has 6 nitrogen and oxygen atoms in total. The molecule has 0 atom stereocenters. The van der Waals surface area contributed by atoms with E-state index in [-0.39, 0.29) is 0 Å². The van der Waals surface area contributed by atoms with E-state index in [9.17, 15) is 0 Å². The van der Waals surface area contributed by atoms with Gasteiger partial charge in [-0.3, -0.25) is 4.57 Å². The predicted octanol–water partition coefficient (Wildman–Crippen LogP) is 18.9. The van der Waals surface area contributed by atoms with E-state index >= 15 is 0 Å². The molecule has 5 heterocycles. The lowest BCUT2D eigenvalue weighted by molar-refractivity contribution is 0.669. The average Bonchev–Trinajstić information content (AvgIpc) is 4.22. The summed E-state index contributed by atoms with van der Waals surface area (Å²) in [6, 6.07) is 76.9. The van der Waals surface area contributed by atoms with E-state index in [1.54, 1.807) is 0 Å². The van der Waals surface area contributed by atoms with E-state index in [1.165, 1.54) is 32.2 Å². The number of thiophene rings is 1. The van der Waals surface area contributed by atoms with Crippen LogP contribution in [0.25, 0.3) is 148 Å². The summed E-state index contributed by atoms with van der Waals surface area (Å²) in [5.74, 6) is 1.63. The molecular weight excluding hydrogens is 913 g/mol. The van der Waals surface area contributed by atoms with Crippen molar-refractivity contribution in [3.63, 3.8) is 0 Å². The molecule has 0 amide bonds. The zero-order chi connectivity index (χ0) is 48.6. The van der Waals surface area contributed by atoms with Gasteiger partial charge in [0.25, 0.3) is 0 Å². The first-order valence-electron chi connectivity index (χ1n) is 24.8. The average molecular weight is 957 g/mol. The quantitative estimate of drug-likeness (QED) is 0.166. The Bertz CT molecular complexity index is 4640. The fraction of sp³-hybridized carbons (Fsp3) is 0.0455. The third-order valence-electron chi connectivity index (χ3n) is 13.9. The highest BCUT2D eigenvalue weighted by Crippen LogP contribution is 2.44. The SMILES string of the molecule is CCC.c1ccc(-c2nc(-c3ccc4c(c3)oc3ccccc34)nc(-n3c4ccc(-c5cccc6c5oc5ccccc56)cc4c4cccc(-c5cccc(-c6cccc7c6sc6ccccc67)c5)c43)n2)cc1. The number of furan rings is 2. The fourth-order valence-corrected chi connectivity index (χ4v) is 11.9. The van der Waals surface area contributed by atoms with Crippen LogP contribution in [0.3, 0.4) is 0 Å². The fourth-order valence-electron chi connectivity index (χ4n) is 10.7. The van der Waals surface area contributed by atoms with Gasteiger partial charge in [0, 0.05) is 74.7 Å². The number of hydrogen-bond acceptors (Lipinski definition) is 6. The number of benzene rings is 10. The Kier molecular flexibility index (Phi) is 10.1.